The fourth-order valence-electron chi connectivity index (χ4n) is 7.07. The molecule has 0 spiro atoms. The second kappa shape index (κ2) is 6.95. The molecule has 0 heterocycles. The van der Waals surface area contributed by atoms with Crippen LogP contribution in [0.25, 0.3) is 0 Å². The Kier molecular flexibility index (Phi) is 4.90. The zero-order valence-electron chi connectivity index (χ0n) is 16.9. The Balaban J connectivity index is 1.52. The van der Waals surface area contributed by atoms with Crippen LogP contribution in [0.2, 0.25) is 0 Å². The standard InChI is InChI=1S/C23H34O4/c1-22-11-8-16(24)14-15(22)4-5-17-18-6-7-20(27-13-10-21(25)26-3)23(18,2)12-9-19(17)22/h4,10,13,16-20,24H,5-9,11-12,14H2,1-3H3/b13-10+. The molecule has 0 aliphatic heterocycles. The molecule has 27 heavy (non-hydrogen) atoms. The lowest BCUT2D eigenvalue weighted by molar-refractivity contribution is -0.135. The van der Waals surface area contributed by atoms with Crippen LogP contribution in [0.1, 0.15) is 65.2 Å². The summed E-state index contributed by atoms with van der Waals surface area (Å²) >= 11 is 0. The first-order valence-electron chi connectivity index (χ1n) is 10.7. The minimum absolute atomic E-state index is 0.138. The summed E-state index contributed by atoms with van der Waals surface area (Å²) in [5, 5.41) is 10.1. The van der Waals surface area contributed by atoms with Crippen LogP contribution in [0.4, 0.5) is 0 Å². The van der Waals surface area contributed by atoms with E-state index in [9.17, 15) is 9.90 Å². The first-order valence-corrected chi connectivity index (χ1v) is 10.7. The third kappa shape index (κ3) is 3.04. The van der Waals surface area contributed by atoms with E-state index in [0.29, 0.717) is 5.92 Å². The number of carbonyl (C=O) groups is 1. The fraction of sp³-hybridized carbons (Fsp3) is 0.783. The summed E-state index contributed by atoms with van der Waals surface area (Å²) in [5.74, 6) is 1.79. The van der Waals surface area contributed by atoms with Crippen LogP contribution in [0, 0.1) is 28.6 Å². The Morgan fingerprint density at radius 1 is 1.19 bits per heavy atom. The molecule has 0 saturated heterocycles. The van der Waals surface area contributed by atoms with Gasteiger partial charge in [0, 0.05) is 5.41 Å². The Morgan fingerprint density at radius 2 is 2.00 bits per heavy atom. The predicted molar refractivity (Wildman–Crippen MR) is 104 cm³/mol. The Labute approximate surface area is 163 Å². The zero-order chi connectivity index (χ0) is 19.2. The smallest absolute Gasteiger partial charge is 0.333 e. The third-order valence-corrected chi connectivity index (χ3v) is 8.64. The van der Waals surface area contributed by atoms with Gasteiger partial charge in [-0.15, -0.1) is 0 Å². The fourth-order valence-corrected chi connectivity index (χ4v) is 7.07. The van der Waals surface area contributed by atoms with Crippen molar-refractivity contribution in [1.29, 1.82) is 0 Å². The van der Waals surface area contributed by atoms with Crippen LogP contribution in [0.5, 0.6) is 0 Å². The Morgan fingerprint density at radius 3 is 2.78 bits per heavy atom. The maximum Gasteiger partial charge on any atom is 0.333 e. The van der Waals surface area contributed by atoms with Crippen LogP contribution in [0.3, 0.4) is 0 Å². The molecule has 4 heteroatoms. The summed E-state index contributed by atoms with van der Waals surface area (Å²) in [4.78, 5) is 11.3. The van der Waals surface area contributed by atoms with Crippen LogP contribution >= 0.6 is 0 Å². The molecule has 3 fully saturated rings. The average Bonchev–Trinajstić information content (AvgIpc) is 2.99. The molecule has 0 bridgehead atoms. The van der Waals surface area contributed by atoms with E-state index < -0.39 is 0 Å². The number of hydrogen-bond donors (Lipinski definition) is 1. The molecule has 0 aromatic heterocycles. The summed E-state index contributed by atoms with van der Waals surface area (Å²) in [5.41, 5.74) is 2.00. The first kappa shape index (κ1) is 19.0. The maximum atomic E-state index is 11.3. The van der Waals surface area contributed by atoms with E-state index in [1.54, 1.807) is 6.26 Å². The minimum Gasteiger partial charge on any atom is -0.497 e. The van der Waals surface area contributed by atoms with E-state index in [0.717, 1.165) is 43.9 Å². The van der Waals surface area contributed by atoms with Crippen molar-refractivity contribution in [3.05, 3.63) is 24.0 Å². The SMILES string of the molecule is COC(=O)/C=C/OC1CCC2C3CC=C4CC(O)CCC4(C)C3CCC12C. The molecule has 0 radical (unpaired) electrons. The van der Waals surface area contributed by atoms with Crippen LogP contribution in [-0.2, 0) is 14.3 Å². The van der Waals surface area contributed by atoms with E-state index >= 15 is 0 Å². The highest BCUT2D eigenvalue weighted by atomic mass is 16.5. The molecule has 0 aromatic rings. The van der Waals surface area contributed by atoms with Crippen LogP contribution in [0.15, 0.2) is 24.0 Å². The quantitative estimate of drug-likeness (QED) is 0.345. The third-order valence-electron chi connectivity index (χ3n) is 8.64. The number of allylic oxidation sites excluding steroid dienone is 1. The molecule has 7 unspecified atom stereocenters. The second-order valence-electron chi connectivity index (χ2n) is 9.73. The molecule has 0 aromatic carbocycles. The summed E-state index contributed by atoms with van der Waals surface area (Å²) in [6.45, 7) is 4.87. The van der Waals surface area contributed by atoms with Gasteiger partial charge in [-0.1, -0.05) is 25.5 Å². The van der Waals surface area contributed by atoms with E-state index in [-0.39, 0.29) is 29.0 Å². The molecule has 4 rings (SSSR count). The molecule has 4 aliphatic carbocycles. The summed E-state index contributed by atoms with van der Waals surface area (Å²) in [6.07, 6.45) is 14.3. The number of aliphatic hydroxyl groups is 1. The number of ether oxygens (including phenoxy) is 2. The van der Waals surface area contributed by atoms with Crippen molar-refractivity contribution in [3.63, 3.8) is 0 Å². The van der Waals surface area contributed by atoms with Gasteiger partial charge in [-0.25, -0.2) is 4.79 Å². The van der Waals surface area contributed by atoms with E-state index in [1.807, 2.05) is 0 Å². The molecule has 4 aliphatic rings. The maximum absolute atomic E-state index is 11.3. The molecule has 4 nitrogen and oxygen atoms in total. The second-order valence-corrected chi connectivity index (χ2v) is 9.73. The van der Waals surface area contributed by atoms with Gasteiger partial charge < -0.3 is 14.6 Å². The highest BCUT2D eigenvalue weighted by Gasteiger charge is 2.59. The number of rotatable bonds is 3. The van der Waals surface area contributed by atoms with Gasteiger partial charge in [0.2, 0.25) is 0 Å². The van der Waals surface area contributed by atoms with E-state index in [4.69, 9.17) is 4.74 Å². The number of aliphatic hydroxyl groups excluding tert-OH is 1. The van der Waals surface area contributed by atoms with Crippen molar-refractivity contribution in [2.75, 3.05) is 7.11 Å². The van der Waals surface area contributed by atoms with Gasteiger partial charge in [-0.2, -0.15) is 0 Å². The number of carbonyl (C=O) groups excluding carboxylic acids is 1. The van der Waals surface area contributed by atoms with E-state index in [1.165, 1.54) is 38.0 Å². The normalized spacial score (nSPS) is 46.2. The minimum atomic E-state index is -0.365. The highest BCUT2D eigenvalue weighted by molar-refractivity contribution is 5.81. The zero-order valence-corrected chi connectivity index (χ0v) is 16.9. The monoisotopic (exact) mass is 374 g/mol. The van der Waals surface area contributed by atoms with Crippen molar-refractivity contribution in [2.45, 2.75) is 77.4 Å². The van der Waals surface area contributed by atoms with E-state index in [2.05, 4.69) is 24.7 Å². The number of hydrogen-bond acceptors (Lipinski definition) is 4. The molecular formula is C23H34O4. The molecule has 3 saturated carbocycles. The van der Waals surface area contributed by atoms with Gasteiger partial charge in [-0.05, 0) is 74.5 Å². The lowest BCUT2D eigenvalue weighted by atomic mass is 9.48. The highest BCUT2D eigenvalue weighted by Crippen LogP contribution is 2.65. The number of methoxy groups -OCH3 is 1. The Bertz CT molecular complexity index is 653. The van der Waals surface area contributed by atoms with Gasteiger partial charge in [0.25, 0.3) is 0 Å². The van der Waals surface area contributed by atoms with Crippen molar-refractivity contribution < 1.29 is 19.4 Å². The molecule has 7 atom stereocenters. The van der Waals surface area contributed by atoms with Crippen molar-refractivity contribution in [1.82, 2.24) is 0 Å². The van der Waals surface area contributed by atoms with Gasteiger partial charge in [0.1, 0.15) is 6.10 Å². The summed E-state index contributed by atoms with van der Waals surface area (Å²) in [7, 11) is 1.39. The lowest BCUT2D eigenvalue weighted by Gasteiger charge is -2.57. The van der Waals surface area contributed by atoms with Gasteiger partial charge in [0.15, 0.2) is 0 Å². The van der Waals surface area contributed by atoms with Crippen LogP contribution < -0.4 is 0 Å². The van der Waals surface area contributed by atoms with Crippen LogP contribution in [-0.4, -0.2) is 30.4 Å². The summed E-state index contributed by atoms with van der Waals surface area (Å²) < 4.78 is 10.7. The van der Waals surface area contributed by atoms with Gasteiger partial charge >= 0.3 is 5.97 Å². The Hall–Kier alpha value is -1.29. The van der Waals surface area contributed by atoms with Crippen molar-refractivity contribution in [2.24, 2.45) is 28.6 Å². The first-order chi connectivity index (χ1) is 12.9. The lowest BCUT2D eigenvalue weighted by Crippen LogP contribution is -2.51. The number of fused-ring (bicyclic) bond motifs is 5. The topological polar surface area (TPSA) is 55.8 Å². The van der Waals surface area contributed by atoms with Gasteiger partial charge in [0.05, 0.1) is 25.6 Å². The molecular weight excluding hydrogens is 340 g/mol. The van der Waals surface area contributed by atoms with Crippen molar-refractivity contribution >= 4 is 5.97 Å². The molecule has 0 amide bonds. The van der Waals surface area contributed by atoms with Crippen molar-refractivity contribution in [3.8, 4) is 0 Å². The van der Waals surface area contributed by atoms with Gasteiger partial charge in [-0.3, -0.25) is 0 Å². The molecule has 1 N–H and O–H groups in total. The summed E-state index contributed by atoms with van der Waals surface area (Å²) in [6, 6.07) is 0. The number of esters is 1. The average molecular weight is 375 g/mol. The molecule has 150 valence electrons. The predicted octanol–water partition coefficient (Wildman–Crippen LogP) is 4.38. The largest absolute Gasteiger partial charge is 0.497 e.